The van der Waals surface area contributed by atoms with Gasteiger partial charge in [-0.15, -0.1) is 11.3 Å². The largest absolute Gasteiger partial charge is 0.497 e. The second kappa shape index (κ2) is 7.07. The van der Waals surface area contributed by atoms with Crippen LogP contribution in [0, 0.1) is 0 Å². The molecule has 0 fully saturated rings. The third-order valence-corrected chi connectivity index (χ3v) is 4.24. The first-order chi connectivity index (χ1) is 11.3. The minimum Gasteiger partial charge on any atom is -0.497 e. The summed E-state index contributed by atoms with van der Waals surface area (Å²) in [6, 6.07) is 17.9. The van der Waals surface area contributed by atoms with Gasteiger partial charge < -0.3 is 4.74 Å². The Labute approximate surface area is 139 Å². The topological polar surface area (TPSA) is 37.7 Å². The highest BCUT2D eigenvalue weighted by Crippen LogP contribution is 2.26. The van der Waals surface area contributed by atoms with E-state index in [0.29, 0.717) is 0 Å². The molecule has 0 spiro atoms. The van der Waals surface area contributed by atoms with Crippen molar-refractivity contribution in [3.63, 3.8) is 0 Å². The van der Waals surface area contributed by atoms with Crippen LogP contribution in [-0.2, 0) is 0 Å². The number of rotatable bonds is 5. The fraction of sp³-hybridized carbons (Fsp3) is 0.111. The smallest absolute Gasteiger partial charge is 0.206 e. The standard InChI is InChI=1S/C18H17N3OS/c1-21(19-12-14-8-10-16(22-2)11-9-14)18-20-17(13-23-18)15-6-4-3-5-7-15/h3-13H,1-2H3/b19-12+. The van der Waals surface area contributed by atoms with E-state index in [4.69, 9.17) is 4.74 Å². The number of benzene rings is 2. The lowest BCUT2D eigenvalue weighted by Crippen LogP contribution is -2.08. The molecule has 5 heteroatoms. The van der Waals surface area contributed by atoms with Crippen molar-refractivity contribution in [3.8, 4) is 17.0 Å². The van der Waals surface area contributed by atoms with Gasteiger partial charge in [0.1, 0.15) is 5.75 Å². The molecule has 23 heavy (non-hydrogen) atoms. The van der Waals surface area contributed by atoms with Gasteiger partial charge in [-0.2, -0.15) is 5.10 Å². The lowest BCUT2D eigenvalue weighted by Gasteiger charge is -2.08. The van der Waals surface area contributed by atoms with Gasteiger partial charge in [0.05, 0.1) is 19.0 Å². The first kappa shape index (κ1) is 15.2. The summed E-state index contributed by atoms with van der Waals surface area (Å²) in [5.74, 6) is 0.836. The molecule has 0 aliphatic heterocycles. The van der Waals surface area contributed by atoms with E-state index in [1.54, 1.807) is 23.5 Å². The predicted octanol–water partition coefficient (Wildman–Crippen LogP) is 4.29. The molecule has 2 aromatic carbocycles. The minimum atomic E-state index is 0.836. The van der Waals surface area contributed by atoms with Crippen LogP contribution < -0.4 is 9.75 Å². The van der Waals surface area contributed by atoms with E-state index >= 15 is 0 Å². The van der Waals surface area contributed by atoms with E-state index in [9.17, 15) is 0 Å². The summed E-state index contributed by atoms with van der Waals surface area (Å²) in [5.41, 5.74) is 3.09. The van der Waals surface area contributed by atoms with Crippen molar-refractivity contribution in [1.82, 2.24) is 4.98 Å². The molecule has 0 N–H and O–H groups in total. The molecule has 0 unspecified atom stereocenters. The van der Waals surface area contributed by atoms with Gasteiger partial charge in [0.15, 0.2) is 0 Å². The van der Waals surface area contributed by atoms with Gasteiger partial charge >= 0.3 is 0 Å². The van der Waals surface area contributed by atoms with E-state index in [2.05, 4.69) is 22.2 Å². The number of hydrogen-bond acceptors (Lipinski definition) is 5. The minimum absolute atomic E-state index is 0.836. The van der Waals surface area contributed by atoms with Crippen LogP contribution in [-0.4, -0.2) is 25.4 Å². The second-order valence-corrected chi connectivity index (χ2v) is 5.76. The Morgan fingerprint density at radius 1 is 1.09 bits per heavy atom. The van der Waals surface area contributed by atoms with Crippen molar-refractivity contribution in [2.24, 2.45) is 5.10 Å². The van der Waals surface area contributed by atoms with Gasteiger partial charge in [-0.25, -0.2) is 9.99 Å². The van der Waals surface area contributed by atoms with Crippen LogP contribution in [0.15, 0.2) is 65.1 Å². The van der Waals surface area contributed by atoms with Gasteiger partial charge in [0.25, 0.3) is 0 Å². The average Bonchev–Trinajstić information content (AvgIpc) is 3.11. The summed E-state index contributed by atoms with van der Waals surface area (Å²) in [7, 11) is 3.55. The van der Waals surface area contributed by atoms with Crippen molar-refractivity contribution >= 4 is 22.7 Å². The summed E-state index contributed by atoms with van der Waals surface area (Å²) in [4.78, 5) is 4.63. The van der Waals surface area contributed by atoms with Crippen LogP contribution in [0.2, 0.25) is 0 Å². The molecule has 0 amide bonds. The van der Waals surface area contributed by atoms with Crippen molar-refractivity contribution in [2.75, 3.05) is 19.2 Å². The highest BCUT2D eigenvalue weighted by atomic mass is 32.1. The zero-order chi connectivity index (χ0) is 16.1. The van der Waals surface area contributed by atoms with Gasteiger partial charge in [0, 0.05) is 18.0 Å². The van der Waals surface area contributed by atoms with E-state index in [-0.39, 0.29) is 0 Å². The van der Waals surface area contributed by atoms with Gasteiger partial charge in [-0.3, -0.25) is 0 Å². The van der Waals surface area contributed by atoms with Crippen molar-refractivity contribution < 1.29 is 4.74 Å². The number of aromatic nitrogens is 1. The SMILES string of the molecule is COc1ccc(/C=N/N(C)c2nc(-c3ccccc3)cs2)cc1. The molecule has 0 saturated heterocycles. The molecule has 0 aliphatic rings. The Hall–Kier alpha value is -2.66. The maximum atomic E-state index is 5.15. The Morgan fingerprint density at radius 3 is 2.52 bits per heavy atom. The number of nitrogens with zero attached hydrogens (tertiary/aromatic N) is 3. The Bertz CT molecular complexity index is 782. The predicted molar refractivity (Wildman–Crippen MR) is 96.5 cm³/mol. The third kappa shape index (κ3) is 3.76. The van der Waals surface area contributed by atoms with E-state index < -0.39 is 0 Å². The first-order valence-corrected chi connectivity index (χ1v) is 8.07. The van der Waals surface area contributed by atoms with E-state index in [0.717, 1.165) is 27.7 Å². The van der Waals surface area contributed by atoms with Gasteiger partial charge in [-0.05, 0) is 29.8 Å². The molecule has 4 nitrogen and oxygen atoms in total. The Morgan fingerprint density at radius 2 is 1.83 bits per heavy atom. The third-order valence-electron chi connectivity index (χ3n) is 3.33. The maximum Gasteiger partial charge on any atom is 0.206 e. The molecule has 3 aromatic rings. The van der Waals surface area contributed by atoms with Gasteiger partial charge in [0.2, 0.25) is 5.13 Å². The summed E-state index contributed by atoms with van der Waals surface area (Å²) in [5, 5.41) is 9.12. The summed E-state index contributed by atoms with van der Waals surface area (Å²) in [6.07, 6.45) is 1.81. The molecule has 0 aliphatic carbocycles. The summed E-state index contributed by atoms with van der Waals surface area (Å²) >= 11 is 1.57. The molecular formula is C18H17N3OS. The average molecular weight is 323 g/mol. The highest BCUT2D eigenvalue weighted by Gasteiger charge is 2.07. The second-order valence-electron chi connectivity index (χ2n) is 4.92. The van der Waals surface area contributed by atoms with Crippen molar-refractivity contribution in [2.45, 2.75) is 0 Å². The molecule has 3 rings (SSSR count). The quantitative estimate of drug-likeness (QED) is 0.519. The Kier molecular flexibility index (Phi) is 4.68. The normalized spacial score (nSPS) is 10.9. The zero-order valence-electron chi connectivity index (χ0n) is 13.0. The molecular weight excluding hydrogens is 306 g/mol. The summed E-state index contributed by atoms with van der Waals surface area (Å²) < 4.78 is 5.15. The number of methoxy groups -OCH3 is 1. The van der Waals surface area contributed by atoms with Crippen LogP contribution in [0.5, 0.6) is 5.75 Å². The molecule has 0 atom stereocenters. The Balaban J connectivity index is 1.71. The van der Waals surface area contributed by atoms with E-state index in [1.165, 1.54) is 0 Å². The molecule has 1 heterocycles. The van der Waals surface area contributed by atoms with Crippen LogP contribution in [0.25, 0.3) is 11.3 Å². The number of hydrazone groups is 1. The van der Waals surface area contributed by atoms with Crippen LogP contribution in [0.3, 0.4) is 0 Å². The van der Waals surface area contributed by atoms with Gasteiger partial charge in [-0.1, -0.05) is 30.3 Å². The molecule has 0 bridgehead atoms. The summed E-state index contributed by atoms with van der Waals surface area (Å²) in [6.45, 7) is 0. The first-order valence-electron chi connectivity index (χ1n) is 7.19. The maximum absolute atomic E-state index is 5.15. The number of anilines is 1. The number of hydrogen-bond donors (Lipinski definition) is 0. The van der Waals surface area contributed by atoms with Crippen LogP contribution in [0.4, 0.5) is 5.13 Å². The molecule has 116 valence electrons. The highest BCUT2D eigenvalue weighted by molar-refractivity contribution is 7.14. The van der Waals surface area contributed by atoms with Crippen molar-refractivity contribution in [3.05, 3.63) is 65.5 Å². The monoisotopic (exact) mass is 323 g/mol. The fourth-order valence-corrected chi connectivity index (χ4v) is 2.80. The van der Waals surface area contributed by atoms with Crippen molar-refractivity contribution in [1.29, 1.82) is 0 Å². The lowest BCUT2D eigenvalue weighted by atomic mass is 10.2. The molecule has 1 aromatic heterocycles. The van der Waals surface area contributed by atoms with E-state index in [1.807, 2.05) is 61.1 Å². The molecule has 0 saturated carbocycles. The zero-order valence-corrected chi connectivity index (χ0v) is 13.8. The fourth-order valence-electron chi connectivity index (χ4n) is 2.05. The molecule has 0 radical (unpaired) electrons. The van der Waals surface area contributed by atoms with Crippen LogP contribution >= 0.6 is 11.3 Å². The lowest BCUT2D eigenvalue weighted by molar-refractivity contribution is 0.415. The van der Waals surface area contributed by atoms with Crippen LogP contribution in [0.1, 0.15) is 5.56 Å². The number of thiazole rings is 1. The number of ether oxygens (including phenoxy) is 1.